The van der Waals surface area contributed by atoms with Crippen LogP contribution in [0.5, 0.6) is 0 Å². The van der Waals surface area contributed by atoms with E-state index in [4.69, 9.17) is 11.6 Å². The molecule has 22 heavy (non-hydrogen) atoms. The average Bonchev–Trinajstić information content (AvgIpc) is 2.96. The van der Waals surface area contributed by atoms with Gasteiger partial charge < -0.3 is 15.1 Å². The monoisotopic (exact) mass is 321 g/mol. The van der Waals surface area contributed by atoms with Crippen molar-refractivity contribution in [2.75, 3.05) is 31.1 Å². The van der Waals surface area contributed by atoms with Crippen LogP contribution < -0.4 is 10.2 Å². The Balaban J connectivity index is 1.61. The van der Waals surface area contributed by atoms with Crippen molar-refractivity contribution < 1.29 is 9.59 Å². The van der Waals surface area contributed by atoms with Crippen LogP contribution in [0.1, 0.15) is 18.4 Å². The second-order valence-corrected chi connectivity index (χ2v) is 6.34. The first kappa shape index (κ1) is 15.2. The molecule has 118 valence electrons. The summed E-state index contributed by atoms with van der Waals surface area (Å²) in [6, 6.07) is 5.56. The molecule has 2 aliphatic rings. The van der Waals surface area contributed by atoms with Gasteiger partial charge in [-0.1, -0.05) is 17.7 Å². The summed E-state index contributed by atoms with van der Waals surface area (Å²) in [5.74, 6) is 0.0276. The SMILES string of the molecule is Cc1ccc(Cl)cc1N1CCN(C(=O)[C@H]2CCC(=O)N2)CC1. The Bertz CT molecular complexity index is 597. The minimum Gasteiger partial charge on any atom is -0.368 e. The number of aryl methyl sites for hydroxylation is 1. The highest BCUT2D eigenvalue weighted by Crippen LogP contribution is 2.25. The number of nitrogens with one attached hydrogen (secondary N) is 1. The Hall–Kier alpha value is -1.75. The molecule has 1 atom stereocenters. The summed E-state index contributed by atoms with van der Waals surface area (Å²) in [5.41, 5.74) is 2.32. The van der Waals surface area contributed by atoms with Crippen molar-refractivity contribution in [1.82, 2.24) is 10.2 Å². The first-order valence-electron chi connectivity index (χ1n) is 7.64. The van der Waals surface area contributed by atoms with Gasteiger partial charge in [-0.25, -0.2) is 0 Å². The third-order valence-corrected chi connectivity index (χ3v) is 4.63. The van der Waals surface area contributed by atoms with E-state index in [1.54, 1.807) is 0 Å². The number of hydrogen-bond donors (Lipinski definition) is 1. The number of piperazine rings is 1. The first-order chi connectivity index (χ1) is 10.5. The molecule has 0 unspecified atom stereocenters. The lowest BCUT2D eigenvalue weighted by atomic mass is 10.1. The lowest BCUT2D eigenvalue weighted by Crippen LogP contribution is -2.53. The third-order valence-electron chi connectivity index (χ3n) is 4.40. The molecule has 2 amide bonds. The number of nitrogens with zero attached hydrogens (tertiary/aromatic N) is 2. The fraction of sp³-hybridized carbons (Fsp3) is 0.500. The van der Waals surface area contributed by atoms with E-state index in [1.165, 1.54) is 5.56 Å². The van der Waals surface area contributed by atoms with Crippen molar-refractivity contribution in [2.24, 2.45) is 0 Å². The molecule has 1 aromatic carbocycles. The number of hydrogen-bond acceptors (Lipinski definition) is 3. The standard InChI is InChI=1S/C16H20ClN3O2/c1-11-2-3-12(17)10-14(11)19-6-8-20(9-7-19)16(22)13-4-5-15(21)18-13/h2-3,10,13H,4-9H2,1H3,(H,18,21)/t13-/m1/s1. The number of amides is 2. The van der Waals surface area contributed by atoms with Gasteiger partial charge in [0.05, 0.1) is 0 Å². The average molecular weight is 322 g/mol. The minimum absolute atomic E-state index is 0.0217. The van der Waals surface area contributed by atoms with E-state index in [9.17, 15) is 9.59 Å². The summed E-state index contributed by atoms with van der Waals surface area (Å²) >= 11 is 6.08. The number of rotatable bonds is 2. The topological polar surface area (TPSA) is 52.7 Å². The van der Waals surface area contributed by atoms with E-state index in [0.29, 0.717) is 25.9 Å². The van der Waals surface area contributed by atoms with Crippen molar-refractivity contribution in [1.29, 1.82) is 0 Å². The maximum absolute atomic E-state index is 12.4. The lowest BCUT2D eigenvalue weighted by Gasteiger charge is -2.37. The molecule has 0 radical (unpaired) electrons. The van der Waals surface area contributed by atoms with Gasteiger partial charge in [0.2, 0.25) is 11.8 Å². The van der Waals surface area contributed by atoms with Gasteiger partial charge in [-0.05, 0) is 31.0 Å². The molecule has 0 aromatic heterocycles. The zero-order valence-electron chi connectivity index (χ0n) is 12.6. The lowest BCUT2D eigenvalue weighted by molar-refractivity contribution is -0.134. The van der Waals surface area contributed by atoms with E-state index >= 15 is 0 Å². The van der Waals surface area contributed by atoms with Crippen LogP contribution in [0, 0.1) is 6.92 Å². The summed E-state index contributed by atoms with van der Waals surface area (Å²) in [7, 11) is 0. The molecule has 5 nitrogen and oxygen atoms in total. The number of halogens is 1. The van der Waals surface area contributed by atoms with Crippen molar-refractivity contribution in [3.8, 4) is 0 Å². The van der Waals surface area contributed by atoms with E-state index in [-0.39, 0.29) is 17.9 Å². The highest BCUT2D eigenvalue weighted by atomic mass is 35.5. The van der Waals surface area contributed by atoms with Gasteiger partial charge in [0.1, 0.15) is 6.04 Å². The Kier molecular flexibility index (Phi) is 4.25. The van der Waals surface area contributed by atoms with E-state index in [0.717, 1.165) is 23.8 Å². The fourth-order valence-corrected chi connectivity index (χ4v) is 3.28. The number of benzene rings is 1. The zero-order chi connectivity index (χ0) is 15.7. The van der Waals surface area contributed by atoms with Gasteiger partial charge >= 0.3 is 0 Å². The maximum atomic E-state index is 12.4. The molecule has 2 fully saturated rings. The molecule has 0 spiro atoms. The van der Waals surface area contributed by atoms with Gasteiger partial charge in [-0.15, -0.1) is 0 Å². The Morgan fingerprint density at radius 2 is 2.00 bits per heavy atom. The van der Waals surface area contributed by atoms with Crippen LogP contribution in [-0.2, 0) is 9.59 Å². The van der Waals surface area contributed by atoms with Crippen LogP contribution in [0.3, 0.4) is 0 Å². The van der Waals surface area contributed by atoms with E-state index < -0.39 is 0 Å². The van der Waals surface area contributed by atoms with Crippen LogP contribution >= 0.6 is 11.6 Å². The van der Waals surface area contributed by atoms with Crippen LogP contribution in [0.4, 0.5) is 5.69 Å². The van der Waals surface area contributed by atoms with Crippen LogP contribution in [0.2, 0.25) is 5.02 Å². The molecule has 2 saturated heterocycles. The zero-order valence-corrected chi connectivity index (χ0v) is 13.4. The van der Waals surface area contributed by atoms with Crippen molar-refractivity contribution in [2.45, 2.75) is 25.8 Å². The normalized spacial score (nSPS) is 21.9. The maximum Gasteiger partial charge on any atom is 0.245 e. The minimum atomic E-state index is -0.327. The van der Waals surface area contributed by atoms with Crippen molar-refractivity contribution in [3.05, 3.63) is 28.8 Å². The fourth-order valence-electron chi connectivity index (χ4n) is 3.11. The van der Waals surface area contributed by atoms with Gasteiger partial charge in [0, 0.05) is 43.3 Å². The van der Waals surface area contributed by atoms with Gasteiger partial charge in [0.25, 0.3) is 0 Å². The summed E-state index contributed by atoms with van der Waals surface area (Å²) in [6.07, 6.45) is 1.07. The van der Waals surface area contributed by atoms with Crippen molar-refractivity contribution in [3.63, 3.8) is 0 Å². The highest BCUT2D eigenvalue weighted by molar-refractivity contribution is 6.30. The predicted molar refractivity (Wildman–Crippen MR) is 86.1 cm³/mol. The number of carbonyl (C=O) groups is 2. The van der Waals surface area contributed by atoms with E-state index in [2.05, 4.69) is 17.1 Å². The summed E-state index contributed by atoms with van der Waals surface area (Å²) in [6.45, 7) is 4.99. The molecule has 0 aliphatic carbocycles. The summed E-state index contributed by atoms with van der Waals surface area (Å²) in [5, 5.41) is 3.48. The molecule has 2 heterocycles. The molecule has 0 bridgehead atoms. The predicted octanol–water partition coefficient (Wildman–Crippen LogP) is 1.58. The highest BCUT2D eigenvalue weighted by Gasteiger charge is 2.32. The van der Waals surface area contributed by atoms with Crippen LogP contribution in [0.15, 0.2) is 18.2 Å². The second-order valence-electron chi connectivity index (χ2n) is 5.90. The molecule has 0 saturated carbocycles. The Morgan fingerprint density at radius 1 is 1.27 bits per heavy atom. The van der Waals surface area contributed by atoms with Crippen molar-refractivity contribution >= 4 is 29.1 Å². The molecule has 1 N–H and O–H groups in total. The van der Waals surface area contributed by atoms with Gasteiger partial charge in [0.15, 0.2) is 0 Å². The van der Waals surface area contributed by atoms with Gasteiger partial charge in [-0.2, -0.15) is 0 Å². The van der Waals surface area contributed by atoms with Crippen LogP contribution in [-0.4, -0.2) is 48.9 Å². The molecule has 6 heteroatoms. The third kappa shape index (κ3) is 3.04. The summed E-state index contributed by atoms with van der Waals surface area (Å²) in [4.78, 5) is 27.7. The Morgan fingerprint density at radius 3 is 2.64 bits per heavy atom. The smallest absolute Gasteiger partial charge is 0.245 e. The Labute approximate surface area is 135 Å². The molecular formula is C16H20ClN3O2. The summed E-state index contributed by atoms with van der Waals surface area (Å²) < 4.78 is 0. The number of anilines is 1. The molecule has 2 aliphatic heterocycles. The number of carbonyl (C=O) groups excluding carboxylic acids is 2. The first-order valence-corrected chi connectivity index (χ1v) is 8.01. The molecule has 3 rings (SSSR count). The quantitative estimate of drug-likeness (QED) is 0.899. The largest absolute Gasteiger partial charge is 0.368 e. The molecular weight excluding hydrogens is 302 g/mol. The van der Waals surface area contributed by atoms with Gasteiger partial charge in [-0.3, -0.25) is 9.59 Å². The second kappa shape index (κ2) is 6.16. The van der Waals surface area contributed by atoms with E-state index in [1.807, 2.05) is 23.1 Å². The molecule has 1 aromatic rings. The van der Waals surface area contributed by atoms with Crippen LogP contribution in [0.25, 0.3) is 0 Å².